The van der Waals surface area contributed by atoms with Crippen molar-refractivity contribution < 1.29 is 9.53 Å². The first-order valence-electron chi connectivity index (χ1n) is 12.5. The number of aromatic amines is 1. The number of ether oxygens (including phenoxy) is 1. The molecule has 0 fully saturated rings. The molecule has 3 aromatic rings. The maximum Gasteiger partial charge on any atom is 0.330 e. The molecule has 8 heteroatoms. The molecular formula is C28H34N4O4. The van der Waals surface area contributed by atoms with E-state index in [9.17, 15) is 14.4 Å². The summed E-state index contributed by atoms with van der Waals surface area (Å²) >= 11 is 0. The average Bonchev–Trinajstić information content (AvgIpc) is 3.31. The van der Waals surface area contributed by atoms with Gasteiger partial charge in [-0.05, 0) is 67.3 Å². The zero-order valence-electron chi connectivity index (χ0n) is 21.1. The quantitative estimate of drug-likeness (QED) is 0.477. The van der Waals surface area contributed by atoms with Crippen molar-refractivity contribution in [2.24, 2.45) is 5.92 Å². The van der Waals surface area contributed by atoms with Crippen LogP contribution in [0.1, 0.15) is 50.3 Å². The number of aryl methyl sites for hydroxylation is 2. The van der Waals surface area contributed by atoms with Crippen LogP contribution in [0.25, 0.3) is 0 Å². The number of amides is 1. The largest absolute Gasteiger partial charge is 0.481 e. The molecule has 0 saturated heterocycles. The standard InChI is InChI=1S/C28H34N4O4/c1-18(2)14-15-31(27(34)19(3)36-23-13-12-21-10-7-11-22(21)16-23)24-25(29)32(28(35)30-26(24)33)17-20-8-5-4-6-9-20/h4-6,8-9,12-13,16,18-19H,7,10-11,14-15,17,29H2,1-3H3,(H,30,33,35). The Kier molecular flexibility index (Phi) is 7.62. The molecule has 1 amide bonds. The fourth-order valence-corrected chi connectivity index (χ4v) is 4.58. The summed E-state index contributed by atoms with van der Waals surface area (Å²) in [5.41, 5.74) is 8.47. The molecule has 0 aliphatic heterocycles. The number of nitrogens with one attached hydrogen (secondary N) is 1. The molecule has 0 spiro atoms. The molecule has 1 aliphatic carbocycles. The summed E-state index contributed by atoms with van der Waals surface area (Å²) in [6, 6.07) is 15.3. The van der Waals surface area contributed by atoms with Crippen molar-refractivity contribution in [1.82, 2.24) is 9.55 Å². The molecule has 0 bridgehead atoms. The van der Waals surface area contributed by atoms with Crippen molar-refractivity contribution in [2.75, 3.05) is 17.2 Å². The van der Waals surface area contributed by atoms with E-state index in [0.29, 0.717) is 12.2 Å². The third-order valence-corrected chi connectivity index (χ3v) is 6.59. The van der Waals surface area contributed by atoms with E-state index in [-0.39, 0.29) is 30.5 Å². The Morgan fingerprint density at radius 1 is 1.08 bits per heavy atom. The number of benzene rings is 2. The van der Waals surface area contributed by atoms with Gasteiger partial charge in [0.1, 0.15) is 11.6 Å². The summed E-state index contributed by atoms with van der Waals surface area (Å²) in [6.45, 7) is 6.18. The lowest BCUT2D eigenvalue weighted by atomic mass is 10.1. The van der Waals surface area contributed by atoms with Gasteiger partial charge in [0.2, 0.25) is 0 Å². The van der Waals surface area contributed by atoms with E-state index in [4.69, 9.17) is 10.5 Å². The molecule has 1 atom stereocenters. The minimum atomic E-state index is -0.857. The highest BCUT2D eigenvalue weighted by Crippen LogP contribution is 2.27. The molecule has 3 N–H and O–H groups in total. The number of hydrogen-bond donors (Lipinski definition) is 2. The third kappa shape index (κ3) is 5.53. The summed E-state index contributed by atoms with van der Waals surface area (Å²) < 4.78 is 7.31. The van der Waals surface area contributed by atoms with Crippen molar-refractivity contribution in [2.45, 2.75) is 59.1 Å². The first-order chi connectivity index (χ1) is 17.2. The molecule has 36 heavy (non-hydrogen) atoms. The molecule has 1 heterocycles. The number of nitrogens with two attached hydrogens (primary N) is 1. The van der Waals surface area contributed by atoms with Gasteiger partial charge in [-0.25, -0.2) is 4.79 Å². The van der Waals surface area contributed by atoms with Crippen molar-refractivity contribution in [3.63, 3.8) is 0 Å². The number of hydrogen-bond acceptors (Lipinski definition) is 5. The Bertz CT molecular complexity index is 1340. The molecule has 1 aromatic heterocycles. The highest BCUT2D eigenvalue weighted by atomic mass is 16.5. The first-order valence-corrected chi connectivity index (χ1v) is 12.5. The van der Waals surface area contributed by atoms with Crippen LogP contribution in [-0.4, -0.2) is 28.1 Å². The lowest BCUT2D eigenvalue weighted by molar-refractivity contribution is -0.124. The van der Waals surface area contributed by atoms with Crippen LogP contribution < -0.4 is 26.6 Å². The highest BCUT2D eigenvalue weighted by Gasteiger charge is 2.29. The van der Waals surface area contributed by atoms with Gasteiger partial charge >= 0.3 is 5.69 Å². The Hall–Kier alpha value is -3.81. The lowest BCUT2D eigenvalue weighted by Gasteiger charge is -2.28. The molecule has 190 valence electrons. The van der Waals surface area contributed by atoms with E-state index in [1.165, 1.54) is 20.6 Å². The van der Waals surface area contributed by atoms with Crippen LogP contribution in [0.5, 0.6) is 5.75 Å². The first kappa shape index (κ1) is 25.3. The second kappa shape index (κ2) is 10.8. The van der Waals surface area contributed by atoms with Gasteiger partial charge < -0.3 is 15.4 Å². The Morgan fingerprint density at radius 2 is 1.81 bits per heavy atom. The molecule has 8 nitrogen and oxygen atoms in total. The van der Waals surface area contributed by atoms with Crippen LogP contribution in [0.2, 0.25) is 0 Å². The fraction of sp³-hybridized carbons (Fsp3) is 0.393. The maximum absolute atomic E-state index is 13.7. The zero-order chi connectivity index (χ0) is 25.8. The number of rotatable bonds is 9. The number of fused-ring (bicyclic) bond motifs is 1. The third-order valence-electron chi connectivity index (χ3n) is 6.59. The van der Waals surface area contributed by atoms with Crippen molar-refractivity contribution in [1.29, 1.82) is 0 Å². The predicted molar refractivity (Wildman–Crippen MR) is 142 cm³/mol. The van der Waals surface area contributed by atoms with Crippen LogP contribution in [0, 0.1) is 5.92 Å². The van der Waals surface area contributed by atoms with E-state index in [0.717, 1.165) is 24.8 Å². The van der Waals surface area contributed by atoms with E-state index in [1.807, 2.05) is 62.4 Å². The number of aromatic nitrogens is 2. The van der Waals surface area contributed by atoms with Crippen molar-refractivity contribution >= 4 is 17.4 Å². The molecular weight excluding hydrogens is 456 g/mol. The normalized spacial score (nSPS) is 13.4. The van der Waals surface area contributed by atoms with Gasteiger partial charge in [0.25, 0.3) is 11.5 Å². The van der Waals surface area contributed by atoms with Crippen molar-refractivity contribution in [3.05, 3.63) is 86.1 Å². The number of nitrogens with zero attached hydrogens (tertiary/aromatic N) is 2. The van der Waals surface area contributed by atoms with Crippen LogP contribution in [-0.2, 0) is 24.2 Å². The smallest absolute Gasteiger partial charge is 0.330 e. The molecule has 0 saturated carbocycles. The van der Waals surface area contributed by atoms with Crippen LogP contribution in [0.15, 0.2) is 58.1 Å². The molecule has 0 radical (unpaired) electrons. The summed E-state index contributed by atoms with van der Waals surface area (Å²) in [4.78, 5) is 43.0. The van der Waals surface area contributed by atoms with Crippen LogP contribution >= 0.6 is 0 Å². The van der Waals surface area contributed by atoms with Crippen molar-refractivity contribution in [3.8, 4) is 5.75 Å². The number of carbonyl (C=O) groups excluding carboxylic acids is 1. The van der Waals surface area contributed by atoms with Gasteiger partial charge in [-0.2, -0.15) is 0 Å². The van der Waals surface area contributed by atoms with Gasteiger partial charge in [0, 0.05) is 6.54 Å². The van der Waals surface area contributed by atoms with E-state index in [1.54, 1.807) is 6.92 Å². The van der Waals surface area contributed by atoms with E-state index < -0.39 is 23.3 Å². The minimum absolute atomic E-state index is 0.0272. The maximum atomic E-state index is 13.7. The summed E-state index contributed by atoms with van der Waals surface area (Å²) in [7, 11) is 0. The van der Waals surface area contributed by atoms with Crippen LogP contribution in [0.3, 0.4) is 0 Å². The van der Waals surface area contributed by atoms with Crippen LogP contribution in [0.4, 0.5) is 11.5 Å². The number of nitrogen functional groups attached to an aromatic ring is 1. The Morgan fingerprint density at radius 3 is 2.53 bits per heavy atom. The van der Waals surface area contributed by atoms with Gasteiger partial charge in [-0.15, -0.1) is 0 Å². The lowest BCUT2D eigenvalue weighted by Crippen LogP contribution is -2.46. The topological polar surface area (TPSA) is 110 Å². The zero-order valence-corrected chi connectivity index (χ0v) is 21.1. The fourth-order valence-electron chi connectivity index (χ4n) is 4.58. The number of anilines is 2. The summed E-state index contributed by atoms with van der Waals surface area (Å²) in [6.07, 6.45) is 2.98. The number of carbonyl (C=O) groups is 1. The SMILES string of the molecule is CC(C)CCN(C(=O)C(C)Oc1ccc2c(c1)CCC2)c1c(N)n(Cc2ccccc2)c(=O)[nH]c1=O. The van der Waals surface area contributed by atoms with Gasteiger partial charge in [-0.1, -0.05) is 50.2 Å². The average molecular weight is 491 g/mol. The highest BCUT2D eigenvalue weighted by molar-refractivity contribution is 5.98. The monoisotopic (exact) mass is 490 g/mol. The molecule has 4 rings (SSSR count). The summed E-state index contributed by atoms with van der Waals surface area (Å²) in [5, 5.41) is 0. The molecule has 2 aromatic carbocycles. The molecule has 1 unspecified atom stereocenters. The molecule has 1 aliphatic rings. The summed E-state index contributed by atoms with van der Waals surface area (Å²) in [5.74, 6) is 0.465. The van der Waals surface area contributed by atoms with Gasteiger partial charge in [0.05, 0.1) is 6.54 Å². The minimum Gasteiger partial charge on any atom is -0.481 e. The second-order valence-corrected chi connectivity index (χ2v) is 9.78. The second-order valence-electron chi connectivity index (χ2n) is 9.78. The van der Waals surface area contributed by atoms with Gasteiger partial charge in [0.15, 0.2) is 11.8 Å². The van der Waals surface area contributed by atoms with Gasteiger partial charge in [-0.3, -0.25) is 19.1 Å². The van der Waals surface area contributed by atoms with E-state index >= 15 is 0 Å². The predicted octanol–water partition coefficient (Wildman–Crippen LogP) is 3.50. The Balaban J connectivity index is 1.66. The Labute approximate surface area is 210 Å². The van der Waals surface area contributed by atoms with E-state index in [2.05, 4.69) is 4.98 Å². The number of H-pyrrole nitrogens is 1.